The van der Waals surface area contributed by atoms with Crippen molar-refractivity contribution >= 4 is 0 Å². The average Bonchev–Trinajstić information content (AvgIpc) is 2.47. The van der Waals surface area contributed by atoms with E-state index in [1.54, 1.807) is 0 Å². The number of nitrogens with zero attached hydrogens (tertiary/aromatic N) is 1. The Bertz CT molecular complexity index is 182. The third-order valence-corrected chi connectivity index (χ3v) is 3.67. The van der Waals surface area contributed by atoms with Gasteiger partial charge in [-0.3, -0.25) is 0 Å². The summed E-state index contributed by atoms with van der Waals surface area (Å²) in [4.78, 5) is 2.46. The lowest BCUT2D eigenvalue weighted by atomic mass is 9.93. The normalized spacial score (nSPS) is 35.0. The summed E-state index contributed by atoms with van der Waals surface area (Å²) in [7, 11) is 0. The van der Waals surface area contributed by atoms with Crippen LogP contribution < -0.4 is 5.32 Å². The highest BCUT2D eigenvalue weighted by atomic mass is 16.3. The average molecular weight is 212 g/mol. The van der Waals surface area contributed by atoms with Crippen molar-refractivity contribution in [2.24, 2.45) is 0 Å². The van der Waals surface area contributed by atoms with Crippen LogP contribution in [-0.2, 0) is 0 Å². The summed E-state index contributed by atoms with van der Waals surface area (Å²) in [5.41, 5.74) is -0.456. The fourth-order valence-corrected chi connectivity index (χ4v) is 2.80. The van der Waals surface area contributed by atoms with Gasteiger partial charge >= 0.3 is 0 Å². The third kappa shape index (κ3) is 3.44. The summed E-state index contributed by atoms with van der Waals surface area (Å²) in [5, 5.41) is 13.7. The molecular weight excluding hydrogens is 188 g/mol. The van der Waals surface area contributed by atoms with E-state index >= 15 is 0 Å². The lowest BCUT2D eigenvalue weighted by Gasteiger charge is -2.37. The Hall–Kier alpha value is -0.120. The molecule has 88 valence electrons. The number of β-amino-alcohol motifs (C(OH)–C–C–N with tert-alkyl or cyclic N) is 1. The van der Waals surface area contributed by atoms with Gasteiger partial charge in [0, 0.05) is 13.1 Å². The molecule has 2 saturated heterocycles. The number of rotatable bonds is 2. The van der Waals surface area contributed by atoms with Gasteiger partial charge in [0.1, 0.15) is 0 Å². The number of hydrogen-bond donors (Lipinski definition) is 2. The predicted molar refractivity (Wildman–Crippen MR) is 62.0 cm³/mol. The standard InChI is InChI=1S/C12H24N2O/c15-12(6-5-7-13-10-12)11-14-8-3-1-2-4-9-14/h13,15H,1-11H2. The van der Waals surface area contributed by atoms with E-state index in [0.29, 0.717) is 0 Å². The zero-order valence-electron chi connectivity index (χ0n) is 9.67. The molecule has 0 bridgehead atoms. The first-order valence-corrected chi connectivity index (χ1v) is 6.44. The molecule has 0 aliphatic carbocycles. The number of piperidine rings is 1. The van der Waals surface area contributed by atoms with E-state index in [1.165, 1.54) is 38.8 Å². The molecule has 0 aromatic rings. The Kier molecular flexibility index (Phi) is 4.00. The number of hydrogen-bond acceptors (Lipinski definition) is 3. The van der Waals surface area contributed by atoms with E-state index in [4.69, 9.17) is 0 Å². The van der Waals surface area contributed by atoms with Gasteiger partial charge in [0.2, 0.25) is 0 Å². The fraction of sp³-hybridized carbons (Fsp3) is 1.00. The van der Waals surface area contributed by atoms with Crippen LogP contribution in [0.4, 0.5) is 0 Å². The van der Waals surface area contributed by atoms with Crippen LogP contribution in [0.5, 0.6) is 0 Å². The van der Waals surface area contributed by atoms with Crippen molar-refractivity contribution < 1.29 is 5.11 Å². The van der Waals surface area contributed by atoms with Crippen LogP contribution in [0.1, 0.15) is 38.5 Å². The van der Waals surface area contributed by atoms with Crippen molar-refractivity contribution in [2.75, 3.05) is 32.7 Å². The van der Waals surface area contributed by atoms with Crippen molar-refractivity contribution in [3.05, 3.63) is 0 Å². The summed E-state index contributed by atoms with van der Waals surface area (Å²) in [6, 6.07) is 0. The molecule has 2 aliphatic heterocycles. The monoisotopic (exact) mass is 212 g/mol. The maximum absolute atomic E-state index is 10.4. The largest absolute Gasteiger partial charge is 0.387 e. The molecule has 0 aromatic carbocycles. The molecule has 2 heterocycles. The van der Waals surface area contributed by atoms with Gasteiger partial charge in [0.15, 0.2) is 0 Å². The third-order valence-electron chi connectivity index (χ3n) is 3.67. The maximum atomic E-state index is 10.4. The second-order valence-electron chi connectivity index (χ2n) is 5.20. The summed E-state index contributed by atoms with van der Waals surface area (Å²) in [6.45, 7) is 5.09. The molecule has 2 aliphatic rings. The molecule has 1 unspecified atom stereocenters. The van der Waals surface area contributed by atoms with Crippen LogP contribution in [0.2, 0.25) is 0 Å². The maximum Gasteiger partial charge on any atom is 0.0898 e. The molecule has 2 N–H and O–H groups in total. The minimum absolute atomic E-state index is 0.456. The second-order valence-corrected chi connectivity index (χ2v) is 5.20. The number of aliphatic hydroxyl groups is 1. The highest BCUT2D eigenvalue weighted by Gasteiger charge is 2.31. The molecule has 15 heavy (non-hydrogen) atoms. The minimum atomic E-state index is -0.456. The highest BCUT2D eigenvalue weighted by molar-refractivity contribution is 4.88. The van der Waals surface area contributed by atoms with E-state index in [-0.39, 0.29) is 0 Å². The SMILES string of the molecule is OC1(CN2CCCCCC2)CCCNC1. The van der Waals surface area contributed by atoms with Gasteiger partial charge in [-0.15, -0.1) is 0 Å². The Balaban J connectivity index is 1.82. The smallest absolute Gasteiger partial charge is 0.0898 e. The van der Waals surface area contributed by atoms with E-state index in [1.807, 2.05) is 0 Å². The van der Waals surface area contributed by atoms with Gasteiger partial charge in [0.05, 0.1) is 5.60 Å². The molecule has 3 nitrogen and oxygen atoms in total. The fourth-order valence-electron chi connectivity index (χ4n) is 2.80. The van der Waals surface area contributed by atoms with Crippen LogP contribution in [0, 0.1) is 0 Å². The molecule has 3 heteroatoms. The highest BCUT2D eigenvalue weighted by Crippen LogP contribution is 2.19. The molecule has 0 amide bonds. The van der Waals surface area contributed by atoms with Crippen molar-refractivity contribution in [2.45, 2.75) is 44.1 Å². The van der Waals surface area contributed by atoms with Crippen molar-refractivity contribution in [1.29, 1.82) is 0 Å². The van der Waals surface area contributed by atoms with E-state index in [0.717, 1.165) is 32.5 Å². The second kappa shape index (κ2) is 5.28. The molecule has 1 atom stereocenters. The van der Waals surface area contributed by atoms with E-state index < -0.39 is 5.60 Å². The minimum Gasteiger partial charge on any atom is -0.387 e. The van der Waals surface area contributed by atoms with Crippen molar-refractivity contribution in [3.63, 3.8) is 0 Å². The van der Waals surface area contributed by atoms with Crippen LogP contribution in [-0.4, -0.2) is 48.3 Å². The summed E-state index contributed by atoms with van der Waals surface area (Å²) in [6.07, 6.45) is 7.44. The Morgan fingerprint density at radius 3 is 2.40 bits per heavy atom. The van der Waals surface area contributed by atoms with Crippen LogP contribution >= 0.6 is 0 Å². The molecule has 0 aromatic heterocycles. The molecule has 0 spiro atoms. The predicted octanol–water partition coefficient (Wildman–Crippen LogP) is 0.977. The van der Waals surface area contributed by atoms with Crippen molar-refractivity contribution in [1.82, 2.24) is 10.2 Å². The zero-order valence-corrected chi connectivity index (χ0v) is 9.67. The van der Waals surface area contributed by atoms with Gasteiger partial charge in [0.25, 0.3) is 0 Å². The molecule has 0 radical (unpaired) electrons. The first kappa shape index (κ1) is 11.4. The van der Waals surface area contributed by atoms with E-state index in [2.05, 4.69) is 10.2 Å². The number of nitrogens with one attached hydrogen (secondary N) is 1. The lowest BCUT2D eigenvalue weighted by molar-refractivity contribution is -0.0146. The molecule has 2 fully saturated rings. The summed E-state index contributed by atoms with van der Waals surface area (Å²) in [5.74, 6) is 0. The first-order chi connectivity index (χ1) is 7.29. The van der Waals surface area contributed by atoms with Gasteiger partial charge < -0.3 is 15.3 Å². The van der Waals surface area contributed by atoms with Crippen LogP contribution in [0.15, 0.2) is 0 Å². The quantitative estimate of drug-likeness (QED) is 0.716. The van der Waals surface area contributed by atoms with Crippen LogP contribution in [0.25, 0.3) is 0 Å². The molecule has 0 saturated carbocycles. The summed E-state index contributed by atoms with van der Waals surface area (Å²) >= 11 is 0. The van der Waals surface area contributed by atoms with E-state index in [9.17, 15) is 5.11 Å². The topological polar surface area (TPSA) is 35.5 Å². The van der Waals surface area contributed by atoms with Gasteiger partial charge in [-0.2, -0.15) is 0 Å². The van der Waals surface area contributed by atoms with Gasteiger partial charge in [-0.25, -0.2) is 0 Å². The Morgan fingerprint density at radius 2 is 1.80 bits per heavy atom. The lowest BCUT2D eigenvalue weighted by Crippen LogP contribution is -2.53. The molecular formula is C12H24N2O. The van der Waals surface area contributed by atoms with Crippen LogP contribution in [0.3, 0.4) is 0 Å². The number of likely N-dealkylation sites (tertiary alicyclic amines) is 1. The van der Waals surface area contributed by atoms with Gasteiger partial charge in [-0.05, 0) is 45.3 Å². The Labute approximate surface area is 92.8 Å². The first-order valence-electron chi connectivity index (χ1n) is 6.44. The Morgan fingerprint density at radius 1 is 1.07 bits per heavy atom. The molecule has 2 rings (SSSR count). The van der Waals surface area contributed by atoms with Gasteiger partial charge in [-0.1, -0.05) is 12.8 Å². The summed E-state index contributed by atoms with van der Waals surface area (Å²) < 4.78 is 0. The zero-order chi connectivity index (χ0) is 10.6. The van der Waals surface area contributed by atoms with Crippen molar-refractivity contribution in [3.8, 4) is 0 Å².